The van der Waals surface area contributed by atoms with Gasteiger partial charge >= 0.3 is 0 Å². The van der Waals surface area contributed by atoms with Gasteiger partial charge in [0.1, 0.15) is 6.10 Å². The van der Waals surface area contributed by atoms with E-state index < -0.39 is 0 Å². The summed E-state index contributed by atoms with van der Waals surface area (Å²) in [5.74, 6) is 0.150. The highest BCUT2D eigenvalue weighted by atomic mass is 16.5. The highest BCUT2D eigenvalue weighted by Crippen LogP contribution is 2.10. The number of aryl methyl sites for hydroxylation is 2. The molecule has 1 rings (SSSR count). The normalized spacial score (nSPS) is 12.7. The quantitative estimate of drug-likeness (QED) is 0.713. The van der Waals surface area contributed by atoms with Crippen molar-refractivity contribution in [3.63, 3.8) is 0 Å². The Balaban J connectivity index is 2.76. The number of nitrogens with zero attached hydrogens (tertiary/aromatic N) is 2. The molecule has 0 saturated heterocycles. The predicted octanol–water partition coefficient (Wildman–Crippen LogP) is 2.39. The van der Waals surface area contributed by atoms with E-state index in [0.29, 0.717) is 13.0 Å². The summed E-state index contributed by atoms with van der Waals surface area (Å²) in [4.78, 5) is 12.1. The van der Waals surface area contributed by atoms with E-state index in [4.69, 9.17) is 4.74 Å². The number of aromatic nitrogens is 2. The van der Waals surface area contributed by atoms with Crippen LogP contribution in [0.4, 0.5) is 0 Å². The molecule has 0 spiro atoms. The minimum absolute atomic E-state index is 0.150. The summed E-state index contributed by atoms with van der Waals surface area (Å²) in [5, 5.41) is 4.46. The van der Waals surface area contributed by atoms with Crippen molar-refractivity contribution in [2.75, 3.05) is 6.61 Å². The van der Waals surface area contributed by atoms with E-state index in [1.807, 2.05) is 31.5 Å². The van der Waals surface area contributed by atoms with Crippen LogP contribution in [0.2, 0.25) is 0 Å². The van der Waals surface area contributed by atoms with Crippen LogP contribution in [-0.4, -0.2) is 28.3 Å². The number of ether oxygens (including phenoxy) is 1. The molecule has 1 unspecified atom stereocenters. The van der Waals surface area contributed by atoms with E-state index >= 15 is 0 Å². The smallest absolute Gasteiger partial charge is 0.167 e. The first-order chi connectivity index (χ1) is 8.65. The molecule has 1 aromatic heterocycles. The third-order valence-corrected chi connectivity index (χ3v) is 3.03. The number of hydrogen-bond acceptors (Lipinski definition) is 3. The minimum atomic E-state index is -0.278. The Morgan fingerprint density at radius 2 is 2.11 bits per heavy atom. The van der Waals surface area contributed by atoms with E-state index in [9.17, 15) is 4.79 Å². The van der Waals surface area contributed by atoms with Gasteiger partial charge in [-0.2, -0.15) is 5.10 Å². The lowest BCUT2D eigenvalue weighted by atomic mass is 10.1. The number of rotatable bonds is 8. The Morgan fingerprint density at radius 3 is 2.61 bits per heavy atom. The van der Waals surface area contributed by atoms with Gasteiger partial charge in [0.2, 0.25) is 0 Å². The van der Waals surface area contributed by atoms with Crippen LogP contribution in [0.25, 0.3) is 0 Å². The van der Waals surface area contributed by atoms with E-state index in [1.54, 1.807) is 0 Å². The van der Waals surface area contributed by atoms with E-state index in [0.717, 1.165) is 30.8 Å². The van der Waals surface area contributed by atoms with Crippen LogP contribution in [0.15, 0.2) is 6.07 Å². The van der Waals surface area contributed by atoms with Crippen molar-refractivity contribution in [2.45, 2.75) is 59.6 Å². The van der Waals surface area contributed by atoms with Gasteiger partial charge in [-0.1, -0.05) is 13.8 Å². The molecule has 0 aliphatic heterocycles. The van der Waals surface area contributed by atoms with Crippen LogP contribution in [0.5, 0.6) is 0 Å². The maximum atomic E-state index is 12.1. The summed E-state index contributed by atoms with van der Waals surface area (Å²) in [6.07, 6.45) is 1.77. The third kappa shape index (κ3) is 3.67. The summed E-state index contributed by atoms with van der Waals surface area (Å²) >= 11 is 0. The molecule has 1 atom stereocenters. The molecule has 0 aromatic carbocycles. The Morgan fingerprint density at radius 1 is 1.39 bits per heavy atom. The molecule has 0 amide bonds. The zero-order valence-electron chi connectivity index (χ0n) is 11.9. The lowest BCUT2D eigenvalue weighted by Gasteiger charge is -2.13. The van der Waals surface area contributed by atoms with Gasteiger partial charge in [-0.3, -0.25) is 9.48 Å². The molecule has 102 valence electrons. The first kappa shape index (κ1) is 14.9. The summed E-state index contributed by atoms with van der Waals surface area (Å²) in [6.45, 7) is 9.39. The van der Waals surface area contributed by atoms with Crippen LogP contribution < -0.4 is 0 Å². The first-order valence-electron chi connectivity index (χ1n) is 6.86. The molecule has 1 aromatic rings. The van der Waals surface area contributed by atoms with Gasteiger partial charge in [0.05, 0.1) is 12.1 Å². The van der Waals surface area contributed by atoms with Gasteiger partial charge in [0.15, 0.2) is 5.78 Å². The lowest BCUT2D eigenvalue weighted by molar-refractivity contribution is -0.129. The van der Waals surface area contributed by atoms with Gasteiger partial charge in [-0.15, -0.1) is 0 Å². The zero-order chi connectivity index (χ0) is 13.5. The highest BCUT2D eigenvalue weighted by Gasteiger charge is 2.19. The molecule has 0 bridgehead atoms. The average molecular weight is 252 g/mol. The third-order valence-electron chi connectivity index (χ3n) is 3.03. The van der Waals surface area contributed by atoms with Crippen LogP contribution in [0, 0.1) is 0 Å². The predicted molar refractivity (Wildman–Crippen MR) is 71.7 cm³/mol. The molecule has 0 saturated carbocycles. The van der Waals surface area contributed by atoms with Crippen LogP contribution in [-0.2, 0) is 28.9 Å². The topological polar surface area (TPSA) is 44.1 Å². The van der Waals surface area contributed by atoms with Gasteiger partial charge in [0.25, 0.3) is 0 Å². The fourth-order valence-electron chi connectivity index (χ4n) is 2.04. The van der Waals surface area contributed by atoms with Gasteiger partial charge < -0.3 is 4.74 Å². The molecule has 4 heteroatoms. The Bertz CT molecular complexity index is 385. The molecular weight excluding hydrogens is 228 g/mol. The van der Waals surface area contributed by atoms with Crippen molar-refractivity contribution in [3.05, 3.63) is 17.5 Å². The second-order valence-corrected chi connectivity index (χ2v) is 4.29. The lowest BCUT2D eigenvalue weighted by Crippen LogP contribution is -2.26. The van der Waals surface area contributed by atoms with Crippen molar-refractivity contribution in [1.29, 1.82) is 0 Å². The average Bonchev–Trinajstić information content (AvgIpc) is 2.77. The largest absolute Gasteiger partial charge is 0.371 e. The number of Topliss-reactive ketones (excluding diaryl/α,β-unsaturated/α-hetero) is 1. The molecule has 18 heavy (non-hydrogen) atoms. The summed E-state index contributed by atoms with van der Waals surface area (Å²) in [7, 11) is 0. The zero-order valence-corrected chi connectivity index (χ0v) is 11.9. The van der Waals surface area contributed by atoms with Gasteiger partial charge in [-0.05, 0) is 32.8 Å². The molecule has 0 radical (unpaired) electrons. The fraction of sp³-hybridized carbons (Fsp3) is 0.714. The Kier molecular flexibility index (Phi) is 6.05. The molecule has 0 aliphatic rings. The van der Waals surface area contributed by atoms with Crippen molar-refractivity contribution in [1.82, 2.24) is 9.78 Å². The monoisotopic (exact) mass is 252 g/mol. The van der Waals surface area contributed by atoms with Crippen molar-refractivity contribution in [3.8, 4) is 0 Å². The molecule has 4 nitrogen and oxygen atoms in total. The second kappa shape index (κ2) is 7.31. The summed E-state index contributed by atoms with van der Waals surface area (Å²) in [5.41, 5.74) is 2.04. The van der Waals surface area contributed by atoms with Crippen molar-refractivity contribution < 1.29 is 9.53 Å². The van der Waals surface area contributed by atoms with Crippen LogP contribution >= 0.6 is 0 Å². The van der Waals surface area contributed by atoms with E-state index in [2.05, 4.69) is 12.0 Å². The Hall–Kier alpha value is -1.16. The maximum absolute atomic E-state index is 12.1. The maximum Gasteiger partial charge on any atom is 0.167 e. The molecule has 0 fully saturated rings. The standard InChI is InChI=1S/C14H24N2O2/c1-5-11-9-12(16(7-3)15-11)10-13(17)14(6-2)18-8-4/h9,14H,5-8,10H2,1-4H3. The van der Waals surface area contributed by atoms with Gasteiger partial charge in [-0.25, -0.2) is 0 Å². The van der Waals surface area contributed by atoms with Crippen molar-refractivity contribution in [2.24, 2.45) is 0 Å². The minimum Gasteiger partial charge on any atom is -0.371 e. The van der Waals surface area contributed by atoms with Crippen LogP contribution in [0.1, 0.15) is 45.5 Å². The molecular formula is C14H24N2O2. The molecule has 0 N–H and O–H groups in total. The van der Waals surface area contributed by atoms with E-state index in [1.165, 1.54) is 0 Å². The van der Waals surface area contributed by atoms with Crippen LogP contribution in [0.3, 0.4) is 0 Å². The van der Waals surface area contributed by atoms with Crippen molar-refractivity contribution >= 4 is 5.78 Å². The number of ketones is 1. The number of carbonyl (C=O) groups excluding carboxylic acids is 1. The van der Waals surface area contributed by atoms with E-state index in [-0.39, 0.29) is 11.9 Å². The summed E-state index contributed by atoms with van der Waals surface area (Å²) in [6, 6.07) is 2.03. The number of hydrogen-bond donors (Lipinski definition) is 0. The Labute approximate surface area is 109 Å². The SMILES string of the molecule is CCOC(CC)C(=O)Cc1cc(CC)nn1CC. The first-order valence-corrected chi connectivity index (χ1v) is 6.86. The number of carbonyl (C=O) groups is 1. The fourth-order valence-corrected chi connectivity index (χ4v) is 2.04. The highest BCUT2D eigenvalue weighted by molar-refractivity contribution is 5.84. The van der Waals surface area contributed by atoms with Gasteiger partial charge in [0, 0.05) is 18.8 Å². The second-order valence-electron chi connectivity index (χ2n) is 4.29. The molecule has 1 heterocycles. The molecule has 0 aliphatic carbocycles. The summed E-state index contributed by atoms with van der Waals surface area (Å²) < 4.78 is 7.36.